The molecule has 10 nitrogen and oxygen atoms in total. The van der Waals surface area contributed by atoms with Crippen molar-refractivity contribution in [3.8, 4) is 11.5 Å². The Morgan fingerprint density at radius 3 is 1.88 bits per heavy atom. The first-order chi connectivity index (χ1) is 18.6. The quantitative estimate of drug-likeness (QED) is 0.281. The number of carbonyl (C=O) groups excluding carboxylic acids is 1. The third-order valence-electron chi connectivity index (χ3n) is 6.32. The summed E-state index contributed by atoms with van der Waals surface area (Å²) >= 11 is 6.93. The first-order valence-corrected chi connectivity index (χ1v) is 14.4. The number of hydrogen-bond acceptors (Lipinski definition) is 7. The van der Waals surface area contributed by atoms with E-state index in [1.807, 2.05) is 60.3 Å². The summed E-state index contributed by atoms with van der Waals surface area (Å²) in [7, 11) is 0. The highest BCUT2D eigenvalue weighted by Gasteiger charge is 2.34. The lowest BCUT2D eigenvalue weighted by Crippen LogP contribution is -2.53. The number of likely N-dealkylation sites (tertiary alicyclic amines) is 1. The van der Waals surface area contributed by atoms with Gasteiger partial charge in [0.05, 0.1) is 38.3 Å². The van der Waals surface area contributed by atoms with E-state index in [9.17, 15) is 4.79 Å². The van der Waals surface area contributed by atoms with E-state index in [2.05, 4.69) is 47.1 Å². The standard InChI is InChI=1S/C16H20BrN3O3.C11H12BrN3O.CH4/c1-16(2,3)23-15(21)19-6-11(7-19)9-22-14-4-12(17)8-20-10-18-5-13(14)20;12-9-1-11(16-6-8-2-13-3-8)10-4-14-7-15(10)5-9;/h4-5,8,10-11H,6-7,9H2,1-3H3;1,4-5,7-8,13H,2-3,6H2;1H4. The normalized spacial score (nSPS) is 15.5. The fourth-order valence-corrected chi connectivity index (χ4v) is 5.06. The van der Waals surface area contributed by atoms with Gasteiger partial charge in [-0.2, -0.15) is 0 Å². The van der Waals surface area contributed by atoms with Crippen LogP contribution >= 0.6 is 31.9 Å². The maximum atomic E-state index is 11.9. The van der Waals surface area contributed by atoms with E-state index in [0.29, 0.717) is 31.5 Å². The van der Waals surface area contributed by atoms with Crippen LogP contribution in [0.5, 0.6) is 11.5 Å². The molecule has 0 aliphatic carbocycles. The van der Waals surface area contributed by atoms with Crippen molar-refractivity contribution in [2.45, 2.75) is 33.8 Å². The molecule has 4 aromatic rings. The number of nitrogens with zero attached hydrogens (tertiary/aromatic N) is 5. The minimum Gasteiger partial charge on any atom is -0.491 e. The summed E-state index contributed by atoms with van der Waals surface area (Å²) < 4.78 is 22.9. The number of ether oxygens (including phenoxy) is 3. The molecule has 0 bridgehead atoms. The van der Waals surface area contributed by atoms with E-state index in [-0.39, 0.29) is 13.5 Å². The van der Waals surface area contributed by atoms with Gasteiger partial charge in [-0.25, -0.2) is 14.8 Å². The largest absolute Gasteiger partial charge is 0.491 e. The minimum absolute atomic E-state index is 0. The molecule has 40 heavy (non-hydrogen) atoms. The van der Waals surface area contributed by atoms with Crippen LogP contribution in [0, 0.1) is 11.8 Å². The maximum absolute atomic E-state index is 11.9. The fourth-order valence-electron chi connectivity index (χ4n) is 4.20. The van der Waals surface area contributed by atoms with E-state index in [0.717, 1.165) is 51.2 Å². The second kappa shape index (κ2) is 12.8. The highest BCUT2D eigenvalue weighted by molar-refractivity contribution is 9.10. The molecule has 0 atom stereocenters. The molecule has 216 valence electrons. The van der Waals surface area contributed by atoms with Gasteiger partial charge in [0.2, 0.25) is 0 Å². The van der Waals surface area contributed by atoms with Gasteiger partial charge in [-0.05, 0) is 64.8 Å². The smallest absolute Gasteiger partial charge is 0.410 e. The second-order valence-electron chi connectivity index (χ2n) is 10.8. The highest BCUT2D eigenvalue weighted by atomic mass is 79.9. The Kier molecular flexibility index (Phi) is 9.63. The van der Waals surface area contributed by atoms with Crippen molar-refractivity contribution >= 4 is 49.0 Å². The number of aromatic nitrogens is 4. The Hall–Kier alpha value is -2.83. The lowest BCUT2D eigenvalue weighted by molar-refractivity contribution is -0.00775. The molecule has 2 saturated heterocycles. The van der Waals surface area contributed by atoms with E-state index in [1.165, 1.54) is 0 Å². The molecule has 2 fully saturated rings. The summed E-state index contributed by atoms with van der Waals surface area (Å²) in [6.07, 6.45) is 10.8. The minimum atomic E-state index is -0.456. The average molecular weight is 680 g/mol. The molecule has 2 aliphatic rings. The lowest BCUT2D eigenvalue weighted by atomic mass is 10.0. The van der Waals surface area contributed by atoms with Crippen molar-refractivity contribution in [2.75, 3.05) is 39.4 Å². The van der Waals surface area contributed by atoms with Gasteiger partial charge in [-0.1, -0.05) is 7.43 Å². The number of nitrogens with one attached hydrogen (secondary N) is 1. The Morgan fingerprint density at radius 1 is 0.925 bits per heavy atom. The van der Waals surface area contributed by atoms with Crippen molar-refractivity contribution < 1.29 is 19.0 Å². The zero-order valence-electron chi connectivity index (χ0n) is 22.1. The Morgan fingerprint density at radius 2 is 1.43 bits per heavy atom. The molecule has 6 rings (SSSR count). The number of fused-ring (bicyclic) bond motifs is 2. The van der Waals surface area contributed by atoms with Crippen LogP contribution in [-0.2, 0) is 4.74 Å². The first-order valence-electron chi connectivity index (χ1n) is 12.8. The van der Waals surface area contributed by atoms with Crippen molar-refractivity contribution in [2.24, 2.45) is 11.8 Å². The van der Waals surface area contributed by atoms with Gasteiger partial charge in [0.25, 0.3) is 0 Å². The van der Waals surface area contributed by atoms with Gasteiger partial charge in [0.1, 0.15) is 28.1 Å². The maximum Gasteiger partial charge on any atom is 0.410 e. The zero-order chi connectivity index (χ0) is 27.6. The van der Waals surface area contributed by atoms with Crippen LogP contribution in [0.3, 0.4) is 0 Å². The van der Waals surface area contributed by atoms with Crippen LogP contribution in [0.2, 0.25) is 0 Å². The molecule has 12 heteroatoms. The van der Waals surface area contributed by atoms with Crippen LogP contribution in [0.15, 0.2) is 58.5 Å². The van der Waals surface area contributed by atoms with Crippen LogP contribution in [-0.4, -0.2) is 74.8 Å². The zero-order valence-corrected chi connectivity index (χ0v) is 25.3. The first kappa shape index (κ1) is 30.1. The average Bonchev–Trinajstić information content (AvgIpc) is 3.45. The summed E-state index contributed by atoms with van der Waals surface area (Å²) in [6.45, 7) is 10.4. The molecule has 0 aromatic carbocycles. The molecular formula is C28H36Br2N6O4. The molecule has 0 radical (unpaired) electrons. The predicted octanol–water partition coefficient (Wildman–Crippen LogP) is 5.67. The summed E-state index contributed by atoms with van der Waals surface area (Å²) in [5, 5.41) is 3.23. The molecule has 4 aromatic heterocycles. The van der Waals surface area contributed by atoms with Gasteiger partial charge in [0.15, 0.2) is 0 Å². The predicted molar refractivity (Wildman–Crippen MR) is 161 cm³/mol. The second-order valence-corrected chi connectivity index (χ2v) is 12.6. The molecule has 0 saturated carbocycles. The number of imidazole rings is 2. The number of hydrogen-bond donors (Lipinski definition) is 1. The van der Waals surface area contributed by atoms with Gasteiger partial charge in [-0.15, -0.1) is 0 Å². The highest BCUT2D eigenvalue weighted by Crippen LogP contribution is 2.27. The van der Waals surface area contributed by atoms with Crippen LogP contribution in [0.4, 0.5) is 4.79 Å². The van der Waals surface area contributed by atoms with Crippen LogP contribution in [0.25, 0.3) is 11.0 Å². The molecule has 0 unspecified atom stereocenters. The fraction of sp³-hybridized carbons (Fsp3) is 0.464. The van der Waals surface area contributed by atoms with Crippen molar-refractivity contribution in [1.82, 2.24) is 29.0 Å². The number of carbonyl (C=O) groups is 1. The van der Waals surface area contributed by atoms with E-state index in [4.69, 9.17) is 14.2 Å². The molecule has 0 spiro atoms. The summed E-state index contributed by atoms with van der Waals surface area (Å²) in [5.74, 6) is 2.64. The number of pyridine rings is 2. The number of rotatable bonds is 6. The van der Waals surface area contributed by atoms with Crippen molar-refractivity contribution in [3.05, 3.63) is 58.5 Å². The Labute approximate surface area is 251 Å². The number of amides is 1. The van der Waals surface area contributed by atoms with E-state index >= 15 is 0 Å². The van der Waals surface area contributed by atoms with Crippen LogP contribution in [0.1, 0.15) is 28.2 Å². The van der Waals surface area contributed by atoms with Gasteiger partial charge in [0, 0.05) is 59.4 Å². The summed E-state index contributed by atoms with van der Waals surface area (Å²) in [5.41, 5.74) is 1.48. The van der Waals surface area contributed by atoms with E-state index < -0.39 is 5.60 Å². The lowest BCUT2D eigenvalue weighted by Gasteiger charge is -2.39. The van der Waals surface area contributed by atoms with Crippen molar-refractivity contribution in [1.29, 1.82) is 0 Å². The number of halogens is 2. The third-order valence-corrected chi connectivity index (χ3v) is 7.19. The SMILES string of the molecule is Brc1cc(OCC2CNC2)c2cncn2c1.C.CC(C)(C)OC(=O)N1CC(COc2cc(Br)cn3cncc23)C1. The van der Waals surface area contributed by atoms with Gasteiger partial charge >= 0.3 is 6.09 Å². The van der Waals surface area contributed by atoms with E-state index in [1.54, 1.807) is 23.8 Å². The Bertz CT molecular complexity index is 1440. The van der Waals surface area contributed by atoms with Gasteiger partial charge < -0.3 is 33.2 Å². The molecular weight excluding hydrogens is 644 g/mol. The third kappa shape index (κ3) is 7.46. The summed E-state index contributed by atoms with van der Waals surface area (Å²) in [6, 6.07) is 3.92. The molecule has 1 N–H and O–H groups in total. The molecule has 1 amide bonds. The topological polar surface area (TPSA) is 94.6 Å². The Balaban J connectivity index is 0.000000191. The van der Waals surface area contributed by atoms with Crippen molar-refractivity contribution in [3.63, 3.8) is 0 Å². The molecule has 2 aliphatic heterocycles. The van der Waals surface area contributed by atoms with Crippen LogP contribution < -0.4 is 14.8 Å². The molecule has 6 heterocycles. The summed E-state index contributed by atoms with van der Waals surface area (Å²) in [4.78, 5) is 21.8. The van der Waals surface area contributed by atoms with Gasteiger partial charge in [-0.3, -0.25) is 0 Å². The monoisotopic (exact) mass is 678 g/mol.